The lowest BCUT2D eigenvalue weighted by molar-refractivity contribution is -0.386. The van der Waals surface area contributed by atoms with Crippen LogP contribution in [-0.4, -0.2) is 58.3 Å². The number of amides is 3. The number of urea groups is 1. The van der Waals surface area contributed by atoms with Gasteiger partial charge in [-0.2, -0.15) is 0 Å². The first-order valence-corrected chi connectivity index (χ1v) is 8.02. The number of benzene rings is 1. The summed E-state index contributed by atoms with van der Waals surface area (Å²) in [5.41, 5.74) is -1.78. The van der Waals surface area contributed by atoms with Gasteiger partial charge in [0.15, 0.2) is 5.75 Å². The average molecular weight is 390 g/mol. The van der Waals surface area contributed by atoms with Crippen molar-refractivity contribution >= 4 is 29.2 Å². The summed E-state index contributed by atoms with van der Waals surface area (Å²) in [6, 6.07) is -0.0240. The Bertz CT molecular complexity index is 709. The van der Waals surface area contributed by atoms with Crippen molar-refractivity contribution in [3.8, 4) is 11.5 Å². The molecule has 26 heavy (non-hydrogen) atoms. The van der Waals surface area contributed by atoms with Crippen molar-refractivity contribution in [2.45, 2.75) is 26.4 Å². The van der Waals surface area contributed by atoms with Gasteiger partial charge >= 0.3 is 11.7 Å². The molecule has 3 amide bonds. The lowest BCUT2D eigenvalue weighted by atomic mass is 10.1. The fraction of sp³-hybridized carbons (Fsp3) is 0.467. The van der Waals surface area contributed by atoms with E-state index in [-0.39, 0.29) is 12.6 Å². The zero-order valence-corrected chi connectivity index (χ0v) is 15.2. The van der Waals surface area contributed by atoms with Crippen LogP contribution in [0.25, 0.3) is 0 Å². The first-order valence-electron chi connectivity index (χ1n) is 7.64. The third-order valence-electron chi connectivity index (χ3n) is 3.26. The van der Waals surface area contributed by atoms with Gasteiger partial charge in [-0.3, -0.25) is 19.8 Å². The van der Waals surface area contributed by atoms with E-state index in [0.717, 1.165) is 13.1 Å². The topological polar surface area (TPSA) is 142 Å². The molecule has 0 radical (unpaired) electrons. The van der Waals surface area contributed by atoms with Crippen LogP contribution >= 0.6 is 11.6 Å². The number of hydrogen-bond donors (Lipinski definition) is 3. The summed E-state index contributed by atoms with van der Waals surface area (Å²) in [7, 11) is 1.10. The van der Waals surface area contributed by atoms with Gasteiger partial charge in [0.2, 0.25) is 5.75 Å². The van der Waals surface area contributed by atoms with E-state index >= 15 is 0 Å². The smallest absolute Gasteiger partial charge is 0.328 e. The Labute approximate surface area is 154 Å². The third kappa shape index (κ3) is 5.20. The Kier molecular flexibility index (Phi) is 7.59. The van der Waals surface area contributed by atoms with E-state index in [2.05, 4.69) is 5.32 Å². The monoisotopic (exact) mass is 389 g/mol. The number of carbonyl (C=O) groups excluding carboxylic acids is 2. The second kappa shape index (κ2) is 9.20. The largest absolute Gasteiger partial charge is 0.504 e. The predicted octanol–water partition coefficient (Wildman–Crippen LogP) is 2.26. The molecule has 0 spiro atoms. The quantitative estimate of drug-likeness (QED) is 0.281. The molecule has 11 heteroatoms. The zero-order valence-electron chi connectivity index (χ0n) is 14.5. The van der Waals surface area contributed by atoms with Gasteiger partial charge in [-0.05, 0) is 20.3 Å². The molecule has 1 aromatic rings. The summed E-state index contributed by atoms with van der Waals surface area (Å²) in [6.45, 7) is 4.38. The van der Waals surface area contributed by atoms with Crippen molar-refractivity contribution < 1.29 is 29.5 Å². The van der Waals surface area contributed by atoms with E-state index in [9.17, 15) is 29.9 Å². The Hall–Kier alpha value is -2.59. The van der Waals surface area contributed by atoms with Crippen LogP contribution < -0.4 is 5.32 Å². The number of nitro benzene ring substituents is 1. The van der Waals surface area contributed by atoms with Crippen LogP contribution in [-0.2, 0) is 4.74 Å². The van der Waals surface area contributed by atoms with E-state index in [1.165, 1.54) is 0 Å². The van der Waals surface area contributed by atoms with Crippen molar-refractivity contribution in [2.24, 2.45) is 0 Å². The summed E-state index contributed by atoms with van der Waals surface area (Å²) >= 11 is 5.80. The number of phenolic OH excluding ortho intramolecular Hbond substituents is 2. The molecule has 0 bridgehead atoms. The predicted molar refractivity (Wildman–Crippen MR) is 92.6 cm³/mol. The van der Waals surface area contributed by atoms with E-state index in [4.69, 9.17) is 16.3 Å². The first kappa shape index (κ1) is 21.5. The van der Waals surface area contributed by atoms with Crippen LogP contribution in [0.1, 0.15) is 30.6 Å². The summed E-state index contributed by atoms with van der Waals surface area (Å²) < 4.78 is 5.31. The molecule has 0 saturated heterocycles. The fourth-order valence-corrected chi connectivity index (χ4v) is 2.23. The second-order valence-corrected chi connectivity index (χ2v) is 5.98. The molecule has 0 aliphatic heterocycles. The lowest BCUT2D eigenvalue weighted by Crippen LogP contribution is -2.42. The maximum atomic E-state index is 12.4. The number of rotatable bonds is 7. The van der Waals surface area contributed by atoms with Gasteiger partial charge in [-0.1, -0.05) is 11.6 Å². The van der Waals surface area contributed by atoms with Crippen LogP contribution in [0.3, 0.4) is 0 Å². The minimum Gasteiger partial charge on any atom is -0.504 e. The third-order valence-corrected chi connectivity index (χ3v) is 3.56. The molecule has 0 aromatic heterocycles. The molecule has 1 rings (SSSR count). The molecule has 0 aliphatic rings. The highest BCUT2D eigenvalue weighted by molar-refractivity contribution is 6.35. The minimum atomic E-state index is -1.11. The van der Waals surface area contributed by atoms with Gasteiger partial charge in [0.1, 0.15) is 5.56 Å². The number of phenols is 2. The van der Waals surface area contributed by atoms with Gasteiger partial charge in [-0.15, -0.1) is 0 Å². The minimum absolute atomic E-state index is 0.0554. The molecule has 144 valence electrons. The van der Waals surface area contributed by atoms with Crippen LogP contribution in [0.2, 0.25) is 5.02 Å². The standard InChI is InChI=1S/C15H20ClN3O7/c1-8(2)26-6-4-5-17-15(23)18(3)14(22)11-9(16)7-10(20)13(21)12(11)19(24)25/h7-8,20-21H,4-6H2,1-3H3,(H,17,23). The average Bonchev–Trinajstić information content (AvgIpc) is 2.55. The van der Waals surface area contributed by atoms with Crippen molar-refractivity contribution in [2.75, 3.05) is 20.2 Å². The number of nitrogens with zero attached hydrogens (tertiary/aromatic N) is 2. The van der Waals surface area contributed by atoms with Gasteiger partial charge in [0, 0.05) is 26.3 Å². The Balaban J connectivity index is 2.90. The van der Waals surface area contributed by atoms with Gasteiger partial charge in [0.25, 0.3) is 5.91 Å². The molecule has 0 heterocycles. The van der Waals surface area contributed by atoms with E-state index in [0.29, 0.717) is 17.9 Å². The molecule has 3 N–H and O–H groups in total. The second-order valence-electron chi connectivity index (χ2n) is 5.58. The number of nitrogens with one attached hydrogen (secondary N) is 1. The van der Waals surface area contributed by atoms with Gasteiger partial charge in [-0.25, -0.2) is 4.79 Å². The van der Waals surface area contributed by atoms with Crippen LogP contribution in [0.5, 0.6) is 11.5 Å². The SMILES string of the molecule is CC(C)OCCCNC(=O)N(C)C(=O)c1c(Cl)cc(O)c(O)c1[N+](=O)[O-]. The number of imide groups is 1. The number of hydrogen-bond acceptors (Lipinski definition) is 7. The molecule has 0 atom stereocenters. The summed E-state index contributed by atoms with van der Waals surface area (Å²) in [5, 5.41) is 32.2. The van der Waals surface area contributed by atoms with Gasteiger partial charge in [0.05, 0.1) is 16.0 Å². The normalized spacial score (nSPS) is 10.7. The van der Waals surface area contributed by atoms with Crippen molar-refractivity contribution in [1.29, 1.82) is 0 Å². The van der Waals surface area contributed by atoms with Crippen molar-refractivity contribution in [3.05, 3.63) is 26.8 Å². The molecule has 0 aliphatic carbocycles. The maximum absolute atomic E-state index is 12.4. The van der Waals surface area contributed by atoms with E-state index < -0.39 is 44.6 Å². The fourth-order valence-electron chi connectivity index (χ4n) is 1.96. The summed E-state index contributed by atoms with van der Waals surface area (Å²) in [4.78, 5) is 35.1. The lowest BCUT2D eigenvalue weighted by Gasteiger charge is -2.17. The van der Waals surface area contributed by atoms with Crippen molar-refractivity contribution in [3.63, 3.8) is 0 Å². The van der Waals surface area contributed by atoms with E-state index in [1.54, 1.807) is 0 Å². The number of aromatic hydroxyl groups is 2. The Morgan fingerprint density at radius 2 is 2.04 bits per heavy atom. The molecule has 0 fully saturated rings. The molecular weight excluding hydrogens is 370 g/mol. The maximum Gasteiger partial charge on any atom is 0.328 e. The number of nitro groups is 1. The number of halogens is 1. The van der Waals surface area contributed by atoms with Gasteiger partial charge < -0.3 is 20.3 Å². The highest BCUT2D eigenvalue weighted by Crippen LogP contribution is 2.42. The molecule has 0 saturated carbocycles. The van der Waals surface area contributed by atoms with Crippen LogP contribution in [0.15, 0.2) is 6.07 Å². The number of ether oxygens (including phenoxy) is 1. The first-order chi connectivity index (χ1) is 12.1. The summed E-state index contributed by atoms with van der Waals surface area (Å²) in [5.74, 6) is -3.06. The van der Waals surface area contributed by atoms with Crippen molar-refractivity contribution in [1.82, 2.24) is 10.2 Å². The highest BCUT2D eigenvalue weighted by atomic mass is 35.5. The number of carbonyl (C=O) groups is 2. The molecular formula is C15H20ClN3O7. The Morgan fingerprint density at radius 3 is 2.58 bits per heavy atom. The molecule has 0 unspecified atom stereocenters. The highest BCUT2D eigenvalue weighted by Gasteiger charge is 2.34. The van der Waals surface area contributed by atoms with E-state index in [1.807, 2.05) is 13.8 Å². The van der Waals surface area contributed by atoms with Crippen LogP contribution in [0.4, 0.5) is 10.5 Å². The van der Waals surface area contributed by atoms with Crippen LogP contribution in [0, 0.1) is 10.1 Å². The Morgan fingerprint density at radius 1 is 1.42 bits per heavy atom. The zero-order chi connectivity index (χ0) is 20.0. The molecule has 1 aromatic carbocycles. The molecule has 10 nitrogen and oxygen atoms in total. The summed E-state index contributed by atoms with van der Waals surface area (Å²) in [6.07, 6.45) is 0.562.